The largest absolute Gasteiger partial charge is 0.369 e. The summed E-state index contributed by atoms with van der Waals surface area (Å²) in [6, 6.07) is 0. The fourth-order valence-corrected chi connectivity index (χ4v) is 5.81. The van der Waals surface area contributed by atoms with Gasteiger partial charge >= 0.3 is 5.97 Å². The quantitative estimate of drug-likeness (QED) is 0.0331. The number of carbonyl (C=O) groups is 1. The Morgan fingerprint density at radius 2 is 0.690 bits per heavy atom. The zero-order valence-corrected chi connectivity index (χ0v) is 28.9. The Labute approximate surface area is 265 Å². The van der Waals surface area contributed by atoms with Gasteiger partial charge in [0.25, 0.3) is 0 Å². The van der Waals surface area contributed by atoms with Crippen LogP contribution in [0.2, 0.25) is 0 Å². The summed E-state index contributed by atoms with van der Waals surface area (Å²) in [4.78, 5) is 11.2. The summed E-state index contributed by atoms with van der Waals surface area (Å²) in [5, 5.41) is 0. The number of rotatable bonds is 33. The van der Waals surface area contributed by atoms with E-state index in [2.05, 4.69) is 25.5 Å². The number of esters is 1. The molecule has 0 heterocycles. The second kappa shape index (κ2) is 36.0. The van der Waals surface area contributed by atoms with Crippen LogP contribution in [-0.2, 0) is 9.53 Å². The van der Waals surface area contributed by atoms with Crippen molar-refractivity contribution in [3.05, 3.63) is 12.2 Å². The first-order chi connectivity index (χ1) is 20.7. The van der Waals surface area contributed by atoms with Crippen molar-refractivity contribution in [2.75, 3.05) is 0 Å². The van der Waals surface area contributed by atoms with Crippen molar-refractivity contribution >= 4 is 5.97 Å². The summed E-state index contributed by atoms with van der Waals surface area (Å²) in [6.07, 6.45) is 49.0. The van der Waals surface area contributed by atoms with Crippen molar-refractivity contribution in [1.29, 1.82) is 0 Å². The van der Waals surface area contributed by atoms with Crippen LogP contribution in [0.1, 0.15) is 226 Å². The summed E-state index contributed by atoms with van der Waals surface area (Å²) in [7, 11) is 0. The molecule has 0 spiro atoms. The van der Waals surface area contributed by atoms with Gasteiger partial charge in [0.1, 0.15) is 6.11 Å². The van der Waals surface area contributed by atoms with Crippen LogP contribution >= 0.6 is 0 Å². The molecule has 0 radical (unpaired) electrons. The lowest BCUT2D eigenvalue weighted by Gasteiger charge is -2.04. The maximum Gasteiger partial charge on any atom is 0.347 e. The van der Waals surface area contributed by atoms with E-state index in [-0.39, 0.29) is 0 Å². The molecule has 0 aliphatic carbocycles. The van der Waals surface area contributed by atoms with Gasteiger partial charge in [-0.3, -0.25) is 0 Å². The van der Waals surface area contributed by atoms with E-state index < -0.39 is 5.97 Å². The third-order valence-corrected chi connectivity index (χ3v) is 8.72. The van der Waals surface area contributed by atoms with Crippen LogP contribution in [0.4, 0.5) is 0 Å². The molecular formula is C40H74O2. The molecular weight excluding hydrogens is 512 g/mol. The molecule has 42 heavy (non-hydrogen) atoms. The zero-order chi connectivity index (χ0) is 30.6. The summed E-state index contributed by atoms with van der Waals surface area (Å²) < 4.78 is 4.77. The molecule has 2 nitrogen and oxygen atoms in total. The molecule has 0 rings (SSSR count). The van der Waals surface area contributed by atoms with E-state index in [1.165, 1.54) is 199 Å². The average Bonchev–Trinajstić information content (AvgIpc) is 2.99. The Hall–Kier alpha value is -1.23. The fourth-order valence-electron chi connectivity index (χ4n) is 5.81. The molecule has 0 aliphatic heterocycles. The highest BCUT2D eigenvalue weighted by atomic mass is 16.5. The van der Waals surface area contributed by atoms with Crippen molar-refractivity contribution < 1.29 is 9.53 Å². The molecule has 0 bridgehead atoms. The number of carbonyl (C=O) groups excluding carboxylic acids is 1. The first-order valence-electron chi connectivity index (χ1n) is 19.0. The van der Waals surface area contributed by atoms with Crippen molar-refractivity contribution in [2.24, 2.45) is 0 Å². The first kappa shape index (κ1) is 40.8. The highest BCUT2D eigenvalue weighted by Gasteiger charge is 2.00. The van der Waals surface area contributed by atoms with Crippen LogP contribution in [0.3, 0.4) is 0 Å². The molecule has 0 aromatic rings. The lowest BCUT2D eigenvalue weighted by molar-refractivity contribution is -0.132. The molecule has 0 unspecified atom stereocenters. The number of hydrogen-bond acceptors (Lipinski definition) is 2. The Morgan fingerprint density at radius 1 is 0.452 bits per heavy atom. The Morgan fingerprint density at radius 3 is 0.929 bits per heavy atom. The van der Waals surface area contributed by atoms with E-state index in [0.29, 0.717) is 5.57 Å². The molecule has 246 valence electrons. The van der Waals surface area contributed by atoms with Crippen molar-refractivity contribution in [3.63, 3.8) is 0 Å². The minimum absolute atomic E-state index is 0.394. The highest BCUT2D eigenvalue weighted by Crippen LogP contribution is 2.17. The minimum atomic E-state index is -0.423. The second-order valence-electron chi connectivity index (χ2n) is 13.2. The van der Waals surface area contributed by atoms with E-state index in [0.717, 1.165) is 12.8 Å². The lowest BCUT2D eigenvalue weighted by atomic mass is 10.0. The molecule has 0 aromatic heterocycles. The van der Waals surface area contributed by atoms with E-state index in [4.69, 9.17) is 4.74 Å². The van der Waals surface area contributed by atoms with Gasteiger partial charge in [0.15, 0.2) is 0 Å². The van der Waals surface area contributed by atoms with Gasteiger partial charge in [0, 0.05) is 12.0 Å². The Balaban J connectivity index is 3.10. The van der Waals surface area contributed by atoms with E-state index in [9.17, 15) is 4.79 Å². The van der Waals surface area contributed by atoms with E-state index in [1.54, 1.807) is 6.92 Å². The molecule has 2 heteroatoms. The number of ether oxygens (including phenoxy) is 1. The van der Waals surface area contributed by atoms with Crippen LogP contribution in [-0.4, -0.2) is 5.97 Å². The predicted molar refractivity (Wildman–Crippen MR) is 187 cm³/mol. The molecule has 0 aromatic carbocycles. The topological polar surface area (TPSA) is 26.3 Å². The molecule has 0 saturated heterocycles. The summed E-state index contributed by atoms with van der Waals surface area (Å²) in [5.74, 6) is 2.49. The van der Waals surface area contributed by atoms with E-state index in [1.807, 2.05) is 0 Å². The monoisotopic (exact) mass is 587 g/mol. The van der Waals surface area contributed by atoms with Gasteiger partial charge in [0.2, 0.25) is 0 Å². The van der Waals surface area contributed by atoms with Crippen LogP contribution in [0.5, 0.6) is 0 Å². The molecule has 0 fully saturated rings. The van der Waals surface area contributed by atoms with Gasteiger partial charge in [-0.15, -0.1) is 0 Å². The number of hydrogen-bond donors (Lipinski definition) is 0. The fraction of sp³-hybridized carbons (Fsp3) is 0.875. The lowest BCUT2D eigenvalue weighted by Crippen LogP contribution is -1.99. The normalized spacial score (nSPS) is 10.9. The second-order valence-corrected chi connectivity index (χ2v) is 13.2. The van der Waals surface area contributed by atoms with Crippen LogP contribution in [0.15, 0.2) is 12.2 Å². The van der Waals surface area contributed by atoms with Crippen LogP contribution in [0, 0.1) is 12.0 Å². The summed E-state index contributed by atoms with van der Waals surface area (Å²) in [5.41, 5.74) is 0.394. The Kier molecular flexibility index (Phi) is 34.9. The SMILES string of the molecule is C=C(C)C(=O)OC#CCCCCCCCCCCCCCCCCCCCCCCCCCCCCCCCCCC. The minimum Gasteiger partial charge on any atom is -0.369 e. The van der Waals surface area contributed by atoms with Gasteiger partial charge in [-0.25, -0.2) is 4.79 Å². The summed E-state index contributed by atoms with van der Waals surface area (Å²) >= 11 is 0. The highest BCUT2D eigenvalue weighted by molar-refractivity contribution is 5.87. The van der Waals surface area contributed by atoms with Crippen molar-refractivity contribution in [2.45, 2.75) is 226 Å². The first-order valence-corrected chi connectivity index (χ1v) is 19.0. The van der Waals surface area contributed by atoms with Gasteiger partial charge in [-0.2, -0.15) is 0 Å². The Bertz CT molecular complexity index is 625. The molecule has 0 amide bonds. The van der Waals surface area contributed by atoms with Gasteiger partial charge in [-0.05, 0) is 13.3 Å². The van der Waals surface area contributed by atoms with Crippen molar-refractivity contribution in [3.8, 4) is 12.0 Å². The summed E-state index contributed by atoms with van der Waals surface area (Å²) in [6.45, 7) is 7.47. The van der Waals surface area contributed by atoms with Gasteiger partial charge in [-0.1, -0.05) is 218 Å². The van der Waals surface area contributed by atoms with E-state index >= 15 is 0 Å². The molecule has 0 aliphatic rings. The third-order valence-electron chi connectivity index (χ3n) is 8.72. The predicted octanol–water partition coefficient (Wildman–Crippen LogP) is 14.0. The average molecular weight is 587 g/mol. The molecule has 0 N–H and O–H groups in total. The smallest absolute Gasteiger partial charge is 0.347 e. The number of unbranched alkanes of at least 4 members (excludes halogenated alkanes) is 32. The van der Waals surface area contributed by atoms with Gasteiger partial charge in [0.05, 0.1) is 0 Å². The standard InChI is InChI=1S/C40H74O2/c1-4-5-6-7-8-9-10-11-12-13-14-15-16-17-18-19-20-21-22-23-24-25-26-27-28-29-30-31-32-33-34-35-36-37-38-42-40(41)39(2)3/h2,4-36H2,1,3H3. The molecule has 0 saturated carbocycles. The van der Waals surface area contributed by atoms with Crippen LogP contribution < -0.4 is 0 Å². The maximum atomic E-state index is 11.2. The van der Waals surface area contributed by atoms with Crippen LogP contribution in [0.25, 0.3) is 0 Å². The van der Waals surface area contributed by atoms with Crippen molar-refractivity contribution in [1.82, 2.24) is 0 Å². The molecule has 0 atom stereocenters. The third kappa shape index (κ3) is 35.0. The zero-order valence-electron chi connectivity index (χ0n) is 28.9. The maximum absolute atomic E-state index is 11.2. The van der Waals surface area contributed by atoms with Gasteiger partial charge < -0.3 is 4.74 Å².